The van der Waals surface area contributed by atoms with E-state index in [2.05, 4.69) is 20.9 Å². The quantitative estimate of drug-likeness (QED) is 0.614. The standard InChI is InChI=1S/C19H18BrNO3S2/c1-19(2,22)18-21-16(12-7-9-15(10-8-12)26(3,23)24)17(25-18)13-5-4-6-14(20)11-13/h4-11,22H,1-3H3. The summed E-state index contributed by atoms with van der Waals surface area (Å²) in [4.78, 5) is 5.85. The van der Waals surface area contributed by atoms with Crippen molar-refractivity contribution < 1.29 is 13.5 Å². The monoisotopic (exact) mass is 451 g/mol. The van der Waals surface area contributed by atoms with E-state index in [1.807, 2.05) is 24.3 Å². The summed E-state index contributed by atoms with van der Waals surface area (Å²) in [7, 11) is -3.25. The fraction of sp³-hybridized carbons (Fsp3) is 0.211. The summed E-state index contributed by atoms with van der Waals surface area (Å²) in [6.45, 7) is 3.40. The second-order valence-electron chi connectivity index (χ2n) is 6.56. The SMILES string of the molecule is CC(C)(O)c1nc(-c2ccc(S(C)(=O)=O)cc2)c(-c2cccc(Br)c2)s1. The first-order valence-corrected chi connectivity index (χ1v) is 11.4. The molecule has 0 aliphatic carbocycles. The third-order valence-electron chi connectivity index (χ3n) is 3.79. The van der Waals surface area contributed by atoms with Gasteiger partial charge in [-0.25, -0.2) is 13.4 Å². The molecule has 0 unspecified atom stereocenters. The van der Waals surface area contributed by atoms with Gasteiger partial charge >= 0.3 is 0 Å². The largest absolute Gasteiger partial charge is 0.383 e. The Balaban J connectivity index is 2.18. The second kappa shape index (κ2) is 6.88. The third-order valence-corrected chi connectivity index (χ3v) is 6.83. The molecule has 0 bridgehead atoms. The Kier molecular flexibility index (Phi) is 5.09. The number of hydrogen-bond donors (Lipinski definition) is 1. The molecule has 0 atom stereocenters. The average Bonchev–Trinajstić information content (AvgIpc) is 3.00. The lowest BCUT2D eigenvalue weighted by molar-refractivity contribution is 0.0783. The molecule has 26 heavy (non-hydrogen) atoms. The van der Waals surface area contributed by atoms with Crippen molar-refractivity contribution in [2.24, 2.45) is 0 Å². The highest BCUT2D eigenvalue weighted by Gasteiger charge is 2.25. The van der Waals surface area contributed by atoms with Gasteiger partial charge in [0.1, 0.15) is 10.6 Å². The van der Waals surface area contributed by atoms with E-state index in [1.165, 1.54) is 17.6 Å². The second-order valence-corrected chi connectivity index (χ2v) is 10.5. The average molecular weight is 452 g/mol. The van der Waals surface area contributed by atoms with E-state index >= 15 is 0 Å². The Hall–Kier alpha value is -1.54. The highest BCUT2D eigenvalue weighted by molar-refractivity contribution is 9.10. The number of halogens is 1. The molecule has 1 N–H and O–H groups in total. The van der Waals surface area contributed by atoms with Gasteiger partial charge in [-0.05, 0) is 43.7 Å². The van der Waals surface area contributed by atoms with Gasteiger partial charge in [-0.1, -0.05) is 40.2 Å². The van der Waals surface area contributed by atoms with E-state index < -0.39 is 15.4 Å². The van der Waals surface area contributed by atoms with Crippen LogP contribution in [0.25, 0.3) is 21.7 Å². The van der Waals surface area contributed by atoms with Crippen LogP contribution in [-0.4, -0.2) is 24.8 Å². The number of benzene rings is 2. The first-order valence-electron chi connectivity index (χ1n) is 7.86. The van der Waals surface area contributed by atoms with Crippen LogP contribution in [0.4, 0.5) is 0 Å². The minimum Gasteiger partial charge on any atom is -0.383 e. The summed E-state index contributed by atoms with van der Waals surface area (Å²) < 4.78 is 24.3. The van der Waals surface area contributed by atoms with Gasteiger partial charge in [0.15, 0.2) is 9.84 Å². The van der Waals surface area contributed by atoms with Crippen LogP contribution >= 0.6 is 27.3 Å². The Labute approximate surface area is 165 Å². The van der Waals surface area contributed by atoms with Gasteiger partial charge in [0.25, 0.3) is 0 Å². The maximum absolute atomic E-state index is 11.7. The number of rotatable bonds is 4. The molecule has 7 heteroatoms. The number of sulfone groups is 1. The Morgan fingerprint density at radius 2 is 1.73 bits per heavy atom. The molecule has 0 fully saturated rings. The van der Waals surface area contributed by atoms with Crippen molar-refractivity contribution in [3.05, 3.63) is 58.0 Å². The summed E-state index contributed by atoms with van der Waals surface area (Å²) in [5.41, 5.74) is 1.45. The molecule has 4 nitrogen and oxygen atoms in total. The van der Waals surface area contributed by atoms with Gasteiger partial charge in [-0.2, -0.15) is 0 Å². The van der Waals surface area contributed by atoms with Crippen molar-refractivity contribution in [2.75, 3.05) is 6.26 Å². The lowest BCUT2D eigenvalue weighted by Gasteiger charge is -2.12. The molecule has 0 saturated carbocycles. The number of hydrogen-bond acceptors (Lipinski definition) is 5. The minimum atomic E-state index is -3.25. The van der Waals surface area contributed by atoms with Crippen molar-refractivity contribution in [1.82, 2.24) is 4.98 Å². The molecule has 2 aromatic carbocycles. The first-order chi connectivity index (χ1) is 12.1. The maximum atomic E-state index is 11.7. The van der Waals surface area contributed by atoms with E-state index in [-0.39, 0.29) is 4.90 Å². The summed E-state index contributed by atoms with van der Waals surface area (Å²) in [6, 6.07) is 14.5. The molecule has 0 radical (unpaired) electrons. The van der Waals surface area contributed by atoms with Crippen molar-refractivity contribution in [1.29, 1.82) is 0 Å². The van der Waals surface area contributed by atoms with E-state index in [1.54, 1.807) is 38.1 Å². The fourth-order valence-corrected chi connectivity index (χ4v) is 4.58. The number of nitrogens with zero attached hydrogens (tertiary/aromatic N) is 1. The molecule has 136 valence electrons. The molecule has 1 heterocycles. The third kappa shape index (κ3) is 4.06. The molecule has 0 spiro atoms. The van der Waals surface area contributed by atoms with Crippen molar-refractivity contribution in [3.63, 3.8) is 0 Å². The number of aromatic nitrogens is 1. The lowest BCUT2D eigenvalue weighted by atomic mass is 10.1. The first kappa shape index (κ1) is 19.2. The number of aliphatic hydroxyl groups is 1. The molecule has 0 saturated heterocycles. The van der Waals surface area contributed by atoms with Crippen LogP contribution in [0.5, 0.6) is 0 Å². The molecule has 0 aliphatic rings. The summed E-state index contributed by atoms with van der Waals surface area (Å²) in [5.74, 6) is 0. The zero-order valence-corrected chi connectivity index (χ0v) is 17.7. The fourth-order valence-electron chi connectivity index (χ4n) is 2.46. The van der Waals surface area contributed by atoms with Gasteiger partial charge in [0.2, 0.25) is 0 Å². The smallest absolute Gasteiger partial charge is 0.175 e. The molecular weight excluding hydrogens is 434 g/mol. The van der Waals surface area contributed by atoms with Crippen LogP contribution in [0.3, 0.4) is 0 Å². The van der Waals surface area contributed by atoms with E-state index in [4.69, 9.17) is 0 Å². The van der Waals surface area contributed by atoms with Crippen molar-refractivity contribution in [2.45, 2.75) is 24.3 Å². The molecule has 1 aromatic heterocycles. The lowest BCUT2D eigenvalue weighted by Crippen LogP contribution is -2.14. The zero-order chi connectivity index (χ0) is 19.1. The summed E-state index contributed by atoms with van der Waals surface area (Å²) in [6.07, 6.45) is 1.18. The van der Waals surface area contributed by atoms with Crippen LogP contribution in [0.2, 0.25) is 0 Å². The summed E-state index contributed by atoms with van der Waals surface area (Å²) >= 11 is 4.92. The molecule has 3 aromatic rings. The van der Waals surface area contributed by atoms with Crippen LogP contribution in [0.15, 0.2) is 57.9 Å². The van der Waals surface area contributed by atoms with Crippen LogP contribution in [0, 0.1) is 0 Å². The predicted molar refractivity (Wildman–Crippen MR) is 109 cm³/mol. The minimum absolute atomic E-state index is 0.267. The highest BCUT2D eigenvalue weighted by Crippen LogP contribution is 2.40. The highest BCUT2D eigenvalue weighted by atomic mass is 79.9. The Morgan fingerprint density at radius 1 is 1.08 bits per heavy atom. The van der Waals surface area contributed by atoms with Crippen LogP contribution < -0.4 is 0 Å². The van der Waals surface area contributed by atoms with Crippen LogP contribution in [0.1, 0.15) is 18.9 Å². The Morgan fingerprint density at radius 3 is 2.27 bits per heavy atom. The Bertz CT molecular complexity index is 1050. The van der Waals surface area contributed by atoms with E-state index in [9.17, 15) is 13.5 Å². The topological polar surface area (TPSA) is 67.3 Å². The molecule has 0 aliphatic heterocycles. The van der Waals surface area contributed by atoms with E-state index in [0.717, 1.165) is 26.2 Å². The maximum Gasteiger partial charge on any atom is 0.175 e. The van der Waals surface area contributed by atoms with Crippen molar-refractivity contribution >= 4 is 37.1 Å². The number of thiazole rings is 1. The molecule has 0 amide bonds. The van der Waals surface area contributed by atoms with Gasteiger partial charge in [-0.15, -0.1) is 11.3 Å². The van der Waals surface area contributed by atoms with Gasteiger partial charge in [-0.3, -0.25) is 0 Å². The van der Waals surface area contributed by atoms with Gasteiger partial charge < -0.3 is 5.11 Å². The van der Waals surface area contributed by atoms with Gasteiger partial charge in [0.05, 0.1) is 15.5 Å². The van der Waals surface area contributed by atoms with Crippen LogP contribution in [-0.2, 0) is 15.4 Å². The summed E-state index contributed by atoms with van der Waals surface area (Å²) in [5, 5.41) is 11.0. The van der Waals surface area contributed by atoms with Gasteiger partial charge in [0, 0.05) is 16.3 Å². The molecular formula is C19H18BrNO3S2. The predicted octanol–water partition coefficient (Wildman–Crippen LogP) is 4.87. The van der Waals surface area contributed by atoms with Crippen molar-refractivity contribution in [3.8, 4) is 21.7 Å². The zero-order valence-electron chi connectivity index (χ0n) is 14.5. The van der Waals surface area contributed by atoms with E-state index in [0.29, 0.717) is 5.01 Å². The molecule has 3 rings (SSSR count). The normalized spacial score (nSPS) is 12.3.